The van der Waals surface area contributed by atoms with E-state index >= 15 is 0 Å². The topological polar surface area (TPSA) is 68.3 Å². The zero-order chi connectivity index (χ0) is 17.6. The van der Waals surface area contributed by atoms with E-state index in [1.54, 1.807) is 11.3 Å². The van der Waals surface area contributed by atoms with Crippen LogP contribution in [0.3, 0.4) is 0 Å². The van der Waals surface area contributed by atoms with E-state index in [9.17, 15) is 9.59 Å². The molecule has 130 valence electrons. The molecule has 1 amide bonds. The molecule has 25 heavy (non-hydrogen) atoms. The van der Waals surface area contributed by atoms with Crippen LogP contribution in [0, 0.1) is 18.3 Å². The van der Waals surface area contributed by atoms with Crippen molar-refractivity contribution in [3.63, 3.8) is 0 Å². The van der Waals surface area contributed by atoms with E-state index in [1.165, 1.54) is 0 Å². The molecule has 3 rings (SSSR count). The molecule has 1 aliphatic rings. The van der Waals surface area contributed by atoms with E-state index in [1.807, 2.05) is 24.3 Å². The molecule has 0 saturated heterocycles. The minimum Gasteiger partial charge on any atom is -0.455 e. The number of aromatic nitrogens is 1. The summed E-state index contributed by atoms with van der Waals surface area (Å²) in [6, 6.07) is 7.99. The Hall–Kier alpha value is -2.39. The second-order valence-electron chi connectivity index (χ2n) is 6.11. The fourth-order valence-corrected chi connectivity index (χ4v) is 4.37. The van der Waals surface area contributed by atoms with Crippen molar-refractivity contribution in [3.05, 3.63) is 29.3 Å². The standard InChI is InChI=1S/C19H20N2O3S/c1-2-11-20-17(22)12-24-19(23)14-8-4-3-7-13(14)18-21-15-9-5-6-10-16(15)25-18/h1,5-6,9-10,13-14H,3-4,7-8,11-12H2,(H,20,22)/t13-,14+/m1/s1. The zero-order valence-corrected chi connectivity index (χ0v) is 14.7. The molecule has 2 atom stereocenters. The van der Waals surface area contributed by atoms with E-state index in [0.29, 0.717) is 0 Å². The summed E-state index contributed by atoms with van der Waals surface area (Å²) >= 11 is 1.64. The number of thiazole rings is 1. The van der Waals surface area contributed by atoms with Crippen molar-refractivity contribution in [2.24, 2.45) is 5.92 Å². The molecule has 1 saturated carbocycles. The third kappa shape index (κ3) is 4.18. The highest BCUT2D eigenvalue weighted by Gasteiger charge is 2.35. The first kappa shape index (κ1) is 17.4. The average Bonchev–Trinajstić information content (AvgIpc) is 3.08. The van der Waals surface area contributed by atoms with Gasteiger partial charge in [-0.15, -0.1) is 17.8 Å². The van der Waals surface area contributed by atoms with Crippen LogP contribution in [0.25, 0.3) is 10.2 Å². The number of nitrogens with one attached hydrogen (secondary N) is 1. The lowest BCUT2D eigenvalue weighted by atomic mass is 9.79. The van der Waals surface area contributed by atoms with Gasteiger partial charge in [-0.25, -0.2) is 4.98 Å². The van der Waals surface area contributed by atoms with E-state index in [-0.39, 0.29) is 36.9 Å². The summed E-state index contributed by atoms with van der Waals surface area (Å²) in [5.74, 6) is 1.44. The molecule has 1 heterocycles. The van der Waals surface area contributed by atoms with Crippen LogP contribution < -0.4 is 5.32 Å². The Bertz CT molecular complexity index is 775. The number of esters is 1. The Kier molecular flexibility index (Phi) is 5.67. The lowest BCUT2D eigenvalue weighted by molar-refractivity contribution is -0.154. The summed E-state index contributed by atoms with van der Waals surface area (Å²) in [4.78, 5) is 28.8. The van der Waals surface area contributed by atoms with Gasteiger partial charge in [0.05, 0.1) is 27.7 Å². The number of para-hydroxylation sites is 1. The van der Waals surface area contributed by atoms with Gasteiger partial charge in [0, 0.05) is 5.92 Å². The quantitative estimate of drug-likeness (QED) is 0.661. The molecular formula is C19H20N2O3S. The minimum absolute atomic E-state index is 0.0624. The van der Waals surface area contributed by atoms with Crippen LogP contribution in [0.5, 0.6) is 0 Å². The number of nitrogens with zero attached hydrogens (tertiary/aromatic N) is 1. The van der Waals surface area contributed by atoms with Crippen molar-refractivity contribution in [1.82, 2.24) is 10.3 Å². The largest absolute Gasteiger partial charge is 0.455 e. The Morgan fingerprint density at radius 3 is 2.92 bits per heavy atom. The highest BCUT2D eigenvalue weighted by Crippen LogP contribution is 2.41. The maximum Gasteiger partial charge on any atom is 0.310 e. The summed E-state index contributed by atoms with van der Waals surface area (Å²) in [6.45, 7) is -0.155. The fraction of sp³-hybridized carbons (Fsp3) is 0.421. The van der Waals surface area contributed by atoms with Crippen LogP contribution in [-0.4, -0.2) is 30.0 Å². The van der Waals surface area contributed by atoms with Crippen LogP contribution >= 0.6 is 11.3 Å². The van der Waals surface area contributed by atoms with Gasteiger partial charge >= 0.3 is 5.97 Å². The molecule has 5 nitrogen and oxygen atoms in total. The number of fused-ring (bicyclic) bond motifs is 1. The number of hydrogen-bond acceptors (Lipinski definition) is 5. The maximum atomic E-state index is 12.5. The second kappa shape index (κ2) is 8.13. The number of rotatable bonds is 5. The smallest absolute Gasteiger partial charge is 0.310 e. The first-order valence-electron chi connectivity index (χ1n) is 8.41. The molecule has 0 radical (unpaired) electrons. The molecule has 0 bridgehead atoms. The lowest BCUT2D eigenvalue weighted by Crippen LogP contribution is -2.33. The van der Waals surface area contributed by atoms with E-state index in [2.05, 4.69) is 11.2 Å². The number of amides is 1. The number of ether oxygens (including phenoxy) is 1. The monoisotopic (exact) mass is 356 g/mol. The number of hydrogen-bond donors (Lipinski definition) is 1. The molecule has 0 spiro atoms. The van der Waals surface area contributed by atoms with Gasteiger partial charge in [-0.2, -0.15) is 0 Å². The molecular weight excluding hydrogens is 336 g/mol. The predicted octanol–water partition coefficient (Wildman–Crippen LogP) is 2.86. The molecule has 1 aliphatic carbocycles. The number of terminal acetylenes is 1. The third-order valence-electron chi connectivity index (χ3n) is 4.43. The van der Waals surface area contributed by atoms with Gasteiger partial charge in [-0.3, -0.25) is 9.59 Å². The number of benzene rings is 1. The van der Waals surface area contributed by atoms with Gasteiger partial charge in [-0.05, 0) is 25.0 Å². The summed E-state index contributed by atoms with van der Waals surface area (Å²) in [5.41, 5.74) is 0.967. The van der Waals surface area contributed by atoms with Crippen LogP contribution in [0.1, 0.15) is 36.6 Å². The summed E-state index contributed by atoms with van der Waals surface area (Å²) < 4.78 is 6.35. The molecule has 0 unspecified atom stereocenters. The van der Waals surface area contributed by atoms with Gasteiger partial charge in [0.15, 0.2) is 6.61 Å². The average molecular weight is 356 g/mol. The molecule has 1 aromatic carbocycles. The van der Waals surface area contributed by atoms with Gasteiger partial charge in [-0.1, -0.05) is 30.9 Å². The Morgan fingerprint density at radius 2 is 2.12 bits per heavy atom. The zero-order valence-electron chi connectivity index (χ0n) is 13.9. The summed E-state index contributed by atoms with van der Waals surface area (Å²) in [6.07, 6.45) is 8.84. The summed E-state index contributed by atoms with van der Waals surface area (Å²) in [5, 5.41) is 3.47. The molecule has 1 fully saturated rings. The highest BCUT2D eigenvalue weighted by atomic mass is 32.1. The predicted molar refractivity (Wildman–Crippen MR) is 97.1 cm³/mol. The molecule has 6 heteroatoms. The fourth-order valence-electron chi connectivity index (χ4n) is 3.20. The van der Waals surface area contributed by atoms with Crippen molar-refractivity contribution in [1.29, 1.82) is 0 Å². The van der Waals surface area contributed by atoms with Gasteiger partial charge in [0.2, 0.25) is 0 Å². The van der Waals surface area contributed by atoms with Crippen LogP contribution in [0.2, 0.25) is 0 Å². The second-order valence-corrected chi connectivity index (χ2v) is 7.17. The minimum atomic E-state index is -0.376. The maximum absolute atomic E-state index is 12.5. The molecule has 1 N–H and O–H groups in total. The highest BCUT2D eigenvalue weighted by molar-refractivity contribution is 7.18. The van der Waals surface area contributed by atoms with E-state index in [0.717, 1.165) is 40.9 Å². The van der Waals surface area contributed by atoms with Gasteiger partial charge in [0.1, 0.15) is 0 Å². The molecule has 1 aromatic heterocycles. The first-order valence-corrected chi connectivity index (χ1v) is 9.23. The van der Waals surface area contributed by atoms with Crippen LogP contribution in [0.15, 0.2) is 24.3 Å². The van der Waals surface area contributed by atoms with Gasteiger partial charge < -0.3 is 10.1 Å². The van der Waals surface area contributed by atoms with Crippen molar-refractivity contribution < 1.29 is 14.3 Å². The van der Waals surface area contributed by atoms with Crippen molar-refractivity contribution in [2.75, 3.05) is 13.2 Å². The van der Waals surface area contributed by atoms with Crippen molar-refractivity contribution in [2.45, 2.75) is 31.6 Å². The summed E-state index contributed by atoms with van der Waals surface area (Å²) in [7, 11) is 0. The van der Waals surface area contributed by atoms with E-state index < -0.39 is 0 Å². The Balaban J connectivity index is 1.69. The van der Waals surface area contributed by atoms with E-state index in [4.69, 9.17) is 16.1 Å². The number of carbonyl (C=O) groups is 2. The molecule has 2 aromatic rings. The van der Waals surface area contributed by atoms with Crippen LogP contribution in [0.4, 0.5) is 0 Å². The Morgan fingerprint density at radius 1 is 1.32 bits per heavy atom. The normalized spacial score (nSPS) is 20.0. The third-order valence-corrected chi connectivity index (χ3v) is 5.60. The lowest BCUT2D eigenvalue weighted by Gasteiger charge is -2.28. The van der Waals surface area contributed by atoms with Gasteiger partial charge in [0.25, 0.3) is 5.91 Å². The first-order chi connectivity index (χ1) is 12.2. The van der Waals surface area contributed by atoms with Crippen molar-refractivity contribution in [3.8, 4) is 12.3 Å². The number of carbonyl (C=O) groups excluding carboxylic acids is 2. The van der Waals surface area contributed by atoms with Crippen LogP contribution in [-0.2, 0) is 14.3 Å². The Labute approximate surface area is 150 Å². The SMILES string of the molecule is C#CCNC(=O)COC(=O)[C@H]1CCCC[C@H]1c1nc2ccccc2s1. The van der Waals surface area contributed by atoms with Crippen molar-refractivity contribution >= 4 is 33.4 Å². The molecule has 0 aliphatic heterocycles.